The number of nitrogens with zero attached hydrogens (tertiary/aromatic N) is 3. The zero-order chi connectivity index (χ0) is 25.3. The summed E-state index contributed by atoms with van der Waals surface area (Å²) in [6, 6.07) is 8.86. The van der Waals surface area contributed by atoms with Crippen LogP contribution >= 0.6 is 0 Å². The third kappa shape index (κ3) is 5.18. The predicted molar refractivity (Wildman–Crippen MR) is 132 cm³/mol. The van der Waals surface area contributed by atoms with Crippen molar-refractivity contribution in [1.29, 1.82) is 0 Å². The molecule has 2 aromatic rings. The molecule has 0 aliphatic carbocycles. The topological polar surface area (TPSA) is 98.2 Å². The van der Waals surface area contributed by atoms with E-state index in [9.17, 15) is 27.5 Å². The van der Waals surface area contributed by atoms with Crippen molar-refractivity contribution in [3.8, 4) is 0 Å². The third-order valence-corrected chi connectivity index (χ3v) is 7.90. The van der Waals surface area contributed by atoms with Gasteiger partial charge in [0.15, 0.2) is 15.6 Å². The Bertz CT molecular complexity index is 1240. The maximum Gasteiger partial charge on any atom is 0.256 e. The molecule has 2 aliphatic heterocycles. The van der Waals surface area contributed by atoms with E-state index in [1.54, 1.807) is 23.1 Å². The number of carbonyl (C=O) groups excluding carboxylic acids is 2. The summed E-state index contributed by atoms with van der Waals surface area (Å²) >= 11 is 0. The zero-order valence-corrected chi connectivity index (χ0v) is 20.7. The number of amides is 1. The van der Waals surface area contributed by atoms with Gasteiger partial charge in [-0.15, -0.1) is 0 Å². The first kappa shape index (κ1) is 25.1. The Morgan fingerprint density at radius 1 is 1.03 bits per heavy atom. The molecule has 0 spiro atoms. The van der Waals surface area contributed by atoms with Crippen molar-refractivity contribution >= 4 is 32.9 Å². The molecule has 0 radical (unpaired) electrons. The average Bonchev–Trinajstić information content (AvgIpc) is 3.31. The molecule has 10 heteroatoms. The van der Waals surface area contributed by atoms with Crippen molar-refractivity contribution in [3.63, 3.8) is 0 Å². The number of piperazine rings is 1. The standard InChI is InChI=1S/C25H30FN3O5S/c1-17(31)18-5-7-24(22(26)14-18)27-10-12-28(13-11-27)25(32)21-15-20(35(2,33)34)6-8-23(21)29-9-3-4-19(29)16-30/h5-8,14-15,19,30H,3-4,9-13,16H2,1-2H3/t19-/m0/s1. The van der Waals surface area contributed by atoms with Crippen molar-refractivity contribution in [2.24, 2.45) is 0 Å². The van der Waals surface area contributed by atoms with E-state index in [2.05, 4.69) is 0 Å². The van der Waals surface area contributed by atoms with E-state index in [1.807, 2.05) is 9.80 Å². The molecule has 1 N–H and O–H groups in total. The quantitative estimate of drug-likeness (QED) is 0.605. The lowest BCUT2D eigenvalue weighted by atomic mass is 10.1. The molecule has 1 amide bonds. The lowest BCUT2D eigenvalue weighted by Crippen LogP contribution is -2.49. The number of aliphatic hydroxyl groups is 1. The van der Waals surface area contributed by atoms with Crippen LogP contribution in [0, 0.1) is 5.82 Å². The molecule has 2 heterocycles. The molecule has 0 saturated carbocycles. The van der Waals surface area contributed by atoms with Crippen molar-refractivity contribution in [1.82, 2.24) is 4.90 Å². The number of carbonyl (C=O) groups is 2. The van der Waals surface area contributed by atoms with Crippen LogP contribution in [0.1, 0.15) is 40.5 Å². The van der Waals surface area contributed by atoms with Crippen LogP contribution in [0.15, 0.2) is 41.3 Å². The summed E-state index contributed by atoms with van der Waals surface area (Å²) in [6.07, 6.45) is 2.78. The van der Waals surface area contributed by atoms with Gasteiger partial charge in [0, 0.05) is 50.2 Å². The van der Waals surface area contributed by atoms with Crippen LogP contribution in [0.3, 0.4) is 0 Å². The number of Topliss-reactive ketones (excluding diaryl/α,β-unsaturated/α-hetero) is 1. The maximum absolute atomic E-state index is 14.6. The van der Waals surface area contributed by atoms with Gasteiger partial charge in [0.25, 0.3) is 5.91 Å². The zero-order valence-electron chi connectivity index (χ0n) is 19.9. The van der Waals surface area contributed by atoms with Gasteiger partial charge in [0.2, 0.25) is 0 Å². The highest BCUT2D eigenvalue weighted by atomic mass is 32.2. The highest BCUT2D eigenvalue weighted by Gasteiger charge is 2.31. The Labute approximate surface area is 204 Å². The van der Waals surface area contributed by atoms with Crippen LogP contribution in [-0.2, 0) is 9.84 Å². The van der Waals surface area contributed by atoms with Gasteiger partial charge < -0.3 is 19.8 Å². The first-order valence-corrected chi connectivity index (χ1v) is 13.6. The minimum atomic E-state index is -3.52. The number of hydrogen-bond acceptors (Lipinski definition) is 7. The van der Waals surface area contributed by atoms with Gasteiger partial charge in [-0.2, -0.15) is 0 Å². The molecule has 0 unspecified atom stereocenters. The van der Waals surface area contributed by atoms with Crippen LogP contribution in [0.4, 0.5) is 15.8 Å². The lowest BCUT2D eigenvalue weighted by molar-refractivity contribution is 0.0746. The second-order valence-corrected chi connectivity index (χ2v) is 11.1. The molecule has 0 bridgehead atoms. The number of sulfone groups is 1. The largest absolute Gasteiger partial charge is 0.394 e. The van der Waals surface area contributed by atoms with Crippen LogP contribution in [0.2, 0.25) is 0 Å². The van der Waals surface area contributed by atoms with Gasteiger partial charge in [-0.05, 0) is 56.2 Å². The summed E-state index contributed by atoms with van der Waals surface area (Å²) in [5, 5.41) is 9.78. The molecular formula is C25H30FN3O5S. The second-order valence-electron chi connectivity index (χ2n) is 9.12. The number of anilines is 2. The Balaban J connectivity index is 1.57. The van der Waals surface area contributed by atoms with E-state index in [1.165, 1.54) is 25.1 Å². The van der Waals surface area contributed by atoms with Crippen molar-refractivity contribution in [3.05, 3.63) is 53.3 Å². The van der Waals surface area contributed by atoms with Gasteiger partial charge in [-0.1, -0.05) is 0 Å². The van der Waals surface area contributed by atoms with Crippen LogP contribution in [0.5, 0.6) is 0 Å². The minimum Gasteiger partial charge on any atom is -0.394 e. The average molecular weight is 504 g/mol. The summed E-state index contributed by atoms with van der Waals surface area (Å²) in [6.45, 7) is 3.47. The summed E-state index contributed by atoms with van der Waals surface area (Å²) in [4.78, 5) is 30.6. The second kappa shape index (κ2) is 9.94. The van der Waals surface area contributed by atoms with Gasteiger partial charge in [-0.3, -0.25) is 9.59 Å². The molecule has 1 atom stereocenters. The van der Waals surface area contributed by atoms with Crippen LogP contribution in [-0.4, -0.2) is 81.7 Å². The fraction of sp³-hybridized carbons (Fsp3) is 0.440. The van der Waals surface area contributed by atoms with Gasteiger partial charge >= 0.3 is 0 Å². The van der Waals surface area contributed by atoms with Crippen LogP contribution < -0.4 is 9.80 Å². The first-order valence-electron chi connectivity index (χ1n) is 11.7. The number of rotatable bonds is 6. The van der Waals surface area contributed by atoms with E-state index < -0.39 is 15.7 Å². The molecule has 2 aliphatic rings. The number of halogens is 1. The minimum absolute atomic E-state index is 0.0475. The SMILES string of the molecule is CC(=O)c1ccc(N2CCN(C(=O)c3cc(S(C)(=O)=O)ccc3N3CCC[C@H]3CO)CC2)c(F)c1. The van der Waals surface area contributed by atoms with Gasteiger partial charge in [-0.25, -0.2) is 12.8 Å². The van der Waals surface area contributed by atoms with Gasteiger partial charge in [0.1, 0.15) is 5.82 Å². The maximum atomic E-state index is 14.6. The third-order valence-electron chi connectivity index (χ3n) is 6.79. The normalized spacial score (nSPS) is 18.7. The van der Waals surface area contributed by atoms with Crippen LogP contribution in [0.25, 0.3) is 0 Å². The number of aliphatic hydroxyl groups excluding tert-OH is 1. The fourth-order valence-electron chi connectivity index (χ4n) is 4.81. The van der Waals surface area contributed by atoms with Crippen molar-refractivity contribution in [2.45, 2.75) is 30.7 Å². The number of hydrogen-bond donors (Lipinski definition) is 1. The van der Waals surface area contributed by atoms with E-state index in [0.29, 0.717) is 55.2 Å². The van der Waals surface area contributed by atoms with E-state index in [0.717, 1.165) is 19.1 Å². The number of ketones is 1. The molecule has 0 aromatic heterocycles. The van der Waals surface area contributed by atoms with E-state index >= 15 is 0 Å². The fourth-order valence-corrected chi connectivity index (χ4v) is 5.46. The molecule has 188 valence electrons. The molecule has 35 heavy (non-hydrogen) atoms. The summed E-state index contributed by atoms with van der Waals surface area (Å²) in [5.74, 6) is -0.981. The van der Waals surface area contributed by atoms with Crippen molar-refractivity contribution < 1.29 is 27.5 Å². The summed E-state index contributed by atoms with van der Waals surface area (Å²) in [7, 11) is -3.52. The Hall–Kier alpha value is -2.98. The Kier molecular flexibility index (Phi) is 7.14. The molecule has 4 rings (SSSR count). The molecule has 2 saturated heterocycles. The smallest absolute Gasteiger partial charge is 0.256 e. The molecule has 2 aromatic carbocycles. The molecular weight excluding hydrogens is 473 g/mol. The summed E-state index contributed by atoms with van der Waals surface area (Å²) < 4.78 is 39.0. The number of benzene rings is 2. The molecule has 8 nitrogen and oxygen atoms in total. The highest BCUT2D eigenvalue weighted by molar-refractivity contribution is 7.90. The van der Waals surface area contributed by atoms with E-state index in [-0.39, 0.29) is 29.2 Å². The first-order chi connectivity index (χ1) is 16.6. The monoisotopic (exact) mass is 503 g/mol. The Morgan fingerprint density at radius 3 is 2.31 bits per heavy atom. The van der Waals surface area contributed by atoms with E-state index in [4.69, 9.17) is 0 Å². The lowest BCUT2D eigenvalue weighted by Gasteiger charge is -2.37. The summed E-state index contributed by atoms with van der Waals surface area (Å²) in [5.41, 5.74) is 1.59. The van der Waals surface area contributed by atoms with Gasteiger partial charge in [0.05, 0.1) is 28.8 Å². The Morgan fingerprint density at radius 2 is 1.71 bits per heavy atom. The predicted octanol–water partition coefficient (Wildman–Crippen LogP) is 2.36. The van der Waals surface area contributed by atoms with Crippen molar-refractivity contribution in [2.75, 3.05) is 55.4 Å². The highest BCUT2D eigenvalue weighted by Crippen LogP contribution is 2.32. The molecule has 2 fully saturated rings.